The van der Waals surface area contributed by atoms with E-state index in [-0.39, 0.29) is 18.2 Å². The number of piperidine rings is 1. The normalized spacial score (nSPS) is 14.7. The van der Waals surface area contributed by atoms with Gasteiger partial charge < -0.3 is 20.5 Å². The van der Waals surface area contributed by atoms with Crippen LogP contribution in [0.5, 0.6) is 11.5 Å². The van der Waals surface area contributed by atoms with Crippen LogP contribution in [0.2, 0.25) is 0 Å². The lowest BCUT2D eigenvalue weighted by Crippen LogP contribution is -2.46. The summed E-state index contributed by atoms with van der Waals surface area (Å²) < 4.78 is 10.7. The monoisotopic (exact) mass is 468 g/mol. The molecule has 1 heterocycles. The molecule has 2 aromatic rings. The Morgan fingerprint density at radius 2 is 1.62 bits per heavy atom. The average Bonchev–Trinajstić information content (AvgIpc) is 2.83. The summed E-state index contributed by atoms with van der Waals surface area (Å²) in [5, 5.41) is 4.73. The van der Waals surface area contributed by atoms with Gasteiger partial charge in [0.05, 0.1) is 20.1 Å². The van der Waals surface area contributed by atoms with Gasteiger partial charge in [0.15, 0.2) is 17.3 Å². The molecule has 1 unspecified atom stereocenters. The lowest BCUT2D eigenvalue weighted by Gasteiger charge is -2.26. The third-order valence-corrected chi connectivity index (χ3v) is 5.92. The van der Waals surface area contributed by atoms with E-state index in [0.29, 0.717) is 28.3 Å². The van der Waals surface area contributed by atoms with Gasteiger partial charge in [-0.25, -0.2) is 9.80 Å². The number of benzene rings is 2. The second-order valence-electron chi connectivity index (χ2n) is 8.32. The summed E-state index contributed by atoms with van der Waals surface area (Å²) in [6, 6.07) is 10.1. The first-order valence-corrected chi connectivity index (χ1v) is 11.3. The number of anilines is 1. The summed E-state index contributed by atoms with van der Waals surface area (Å²) in [5.74, 6) is -0.704. The van der Waals surface area contributed by atoms with E-state index in [1.165, 1.54) is 27.6 Å². The van der Waals surface area contributed by atoms with Gasteiger partial charge in [-0.15, -0.1) is 0 Å². The van der Waals surface area contributed by atoms with Crippen LogP contribution in [0.25, 0.3) is 0 Å². The molecule has 0 radical (unpaired) electrons. The summed E-state index contributed by atoms with van der Waals surface area (Å²) in [4.78, 5) is 37.0. The highest BCUT2D eigenvalue weighted by Gasteiger charge is 2.26. The molecular weight excluding hydrogens is 436 g/mol. The number of ketones is 1. The van der Waals surface area contributed by atoms with Crippen LogP contribution in [0.3, 0.4) is 0 Å². The fourth-order valence-electron chi connectivity index (χ4n) is 4.12. The van der Waals surface area contributed by atoms with E-state index in [9.17, 15) is 14.4 Å². The Labute approximate surface area is 199 Å². The quantitative estimate of drug-likeness (QED) is 0.486. The molecule has 1 fully saturated rings. The van der Waals surface area contributed by atoms with Crippen LogP contribution in [0.1, 0.15) is 53.6 Å². The molecule has 1 atom stereocenters. The average molecular weight is 469 g/mol. The number of amides is 3. The molecule has 0 aromatic heterocycles. The van der Waals surface area contributed by atoms with E-state index in [1.54, 1.807) is 24.3 Å². The summed E-state index contributed by atoms with van der Waals surface area (Å²) in [6.07, 6.45) is 3.61. The van der Waals surface area contributed by atoms with Gasteiger partial charge in [0.2, 0.25) is 5.91 Å². The number of hydrogen-bond acceptors (Lipinski definition) is 6. The molecule has 3 amide bonds. The molecule has 9 heteroatoms. The number of hydrazine groups is 1. The van der Waals surface area contributed by atoms with Crippen molar-refractivity contribution in [1.82, 2.24) is 10.4 Å². The number of urea groups is 1. The minimum absolute atomic E-state index is 0.207. The summed E-state index contributed by atoms with van der Waals surface area (Å²) in [6.45, 7) is 3.12. The molecule has 2 aromatic carbocycles. The second-order valence-corrected chi connectivity index (χ2v) is 8.32. The smallest absolute Gasteiger partial charge is 0.333 e. The van der Waals surface area contributed by atoms with E-state index >= 15 is 0 Å². The maximum Gasteiger partial charge on any atom is 0.333 e. The largest absolute Gasteiger partial charge is 0.493 e. The van der Waals surface area contributed by atoms with Gasteiger partial charge in [0.25, 0.3) is 0 Å². The molecule has 34 heavy (non-hydrogen) atoms. The predicted octanol–water partition coefficient (Wildman–Crippen LogP) is 3.24. The van der Waals surface area contributed by atoms with E-state index in [0.717, 1.165) is 31.5 Å². The lowest BCUT2D eigenvalue weighted by atomic mass is 9.86. The summed E-state index contributed by atoms with van der Waals surface area (Å²) in [5.41, 5.74) is 10.9. The van der Waals surface area contributed by atoms with Crippen molar-refractivity contribution in [2.24, 2.45) is 5.73 Å². The molecule has 1 aliphatic rings. The first-order chi connectivity index (χ1) is 16.3. The number of nitrogens with one attached hydrogen (secondary N) is 2. The van der Waals surface area contributed by atoms with Crippen molar-refractivity contribution in [2.45, 2.75) is 38.5 Å². The molecule has 1 aliphatic heterocycles. The van der Waals surface area contributed by atoms with Crippen molar-refractivity contribution in [3.8, 4) is 11.5 Å². The predicted molar refractivity (Wildman–Crippen MR) is 129 cm³/mol. The summed E-state index contributed by atoms with van der Waals surface area (Å²) in [7, 11) is 2.97. The van der Waals surface area contributed by atoms with Crippen LogP contribution in [-0.2, 0) is 11.2 Å². The van der Waals surface area contributed by atoms with E-state index < -0.39 is 11.8 Å². The van der Waals surface area contributed by atoms with Gasteiger partial charge in [0, 0.05) is 24.3 Å². The maximum absolute atomic E-state index is 12.4. The van der Waals surface area contributed by atoms with Crippen molar-refractivity contribution in [3.05, 3.63) is 53.1 Å². The molecule has 0 aliphatic carbocycles. The standard InChI is InChI=1S/C25H32N4O5/c1-16(30)19-14-22(33-2)23(34-3)15-20(19)21(24(26)31)13-17-7-9-18(10-8-17)27-25(32)28-29-11-5-4-6-12-29/h7-10,14-15,21H,4-6,11-13H2,1-3H3,(H2,26,31)(H2,27,28,32). The van der Waals surface area contributed by atoms with Gasteiger partial charge in [0.1, 0.15) is 0 Å². The number of Topliss-reactive ketones (excluding diaryl/α,β-unsaturated/α-hetero) is 1. The highest BCUT2D eigenvalue weighted by atomic mass is 16.5. The maximum atomic E-state index is 12.4. The molecule has 1 saturated heterocycles. The molecule has 3 rings (SSSR count). The Bertz CT molecular complexity index is 1030. The number of nitrogens with zero attached hydrogens (tertiary/aromatic N) is 1. The first-order valence-electron chi connectivity index (χ1n) is 11.3. The van der Waals surface area contributed by atoms with Crippen LogP contribution in [0.15, 0.2) is 36.4 Å². The van der Waals surface area contributed by atoms with Gasteiger partial charge in [-0.3, -0.25) is 15.0 Å². The lowest BCUT2D eigenvalue weighted by molar-refractivity contribution is -0.119. The Kier molecular flexibility index (Phi) is 8.48. The van der Waals surface area contributed by atoms with Gasteiger partial charge >= 0.3 is 6.03 Å². The third-order valence-electron chi connectivity index (χ3n) is 5.92. The Balaban J connectivity index is 1.75. The molecule has 0 bridgehead atoms. The molecule has 0 spiro atoms. The number of rotatable bonds is 9. The van der Waals surface area contributed by atoms with E-state index in [4.69, 9.17) is 15.2 Å². The topological polar surface area (TPSA) is 123 Å². The number of carbonyl (C=O) groups is 3. The zero-order chi connectivity index (χ0) is 24.7. The molecule has 9 nitrogen and oxygen atoms in total. The highest BCUT2D eigenvalue weighted by Crippen LogP contribution is 2.35. The fourth-order valence-corrected chi connectivity index (χ4v) is 4.12. The van der Waals surface area contributed by atoms with Crippen LogP contribution >= 0.6 is 0 Å². The molecule has 0 saturated carbocycles. The van der Waals surface area contributed by atoms with Crippen molar-refractivity contribution < 1.29 is 23.9 Å². The zero-order valence-electron chi connectivity index (χ0n) is 19.8. The second kappa shape index (κ2) is 11.5. The Morgan fingerprint density at radius 3 is 2.18 bits per heavy atom. The minimum atomic E-state index is -0.750. The number of ether oxygens (including phenoxy) is 2. The number of hydrogen-bond donors (Lipinski definition) is 3. The van der Waals surface area contributed by atoms with Crippen molar-refractivity contribution >= 4 is 23.4 Å². The van der Waals surface area contributed by atoms with E-state index in [1.807, 2.05) is 17.1 Å². The van der Waals surface area contributed by atoms with Crippen LogP contribution in [0, 0.1) is 0 Å². The SMILES string of the molecule is COc1cc(C(C)=O)c(C(Cc2ccc(NC(=O)NN3CCCCC3)cc2)C(N)=O)cc1OC. The van der Waals surface area contributed by atoms with Crippen molar-refractivity contribution in [1.29, 1.82) is 0 Å². The van der Waals surface area contributed by atoms with Gasteiger partial charge in [-0.2, -0.15) is 0 Å². The van der Waals surface area contributed by atoms with Crippen molar-refractivity contribution in [3.63, 3.8) is 0 Å². The molecular formula is C25H32N4O5. The zero-order valence-corrected chi connectivity index (χ0v) is 19.8. The van der Waals surface area contributed by atoms with Gasteiger partial charge in [-0.05, 0) is 61.6 Å². The number of carbonyl (C=O) groups excluding carboxylic acids is 3. The third kappa shape index (κ3) is 6.26. The number of nitrogens with two attached hydrogens (primary N) is 1. The van der Waals surface area contributed by atoms with E-state index in [2.05, 4.69) is 10.7 Å². The van der Waals surface area contributed by atoms with Crippen LogP contribution in [0.4, 0.5) is 10.5 Å². The fraction of sp³-hybridized carbons (Fsp3) is 0.400. The van der Waals surface area contributed by atoms with Crippen molar-refractivity contribution in [2.75, 3.05) is 32.6 Å². The number of primary amides is 1. The molecule has 4 N–H and O–H groups in total. The minimum Gasteiger partial charge on any atom is -0.493 e. The highest BCUT2D eigenvalue weighted by molar-refractivity contribution is 5.98. The Hall–Kier alpha value is -3.59. The first kappa shape index (κ1) is 25.0. The van der Waals surface area contributed by atoms with Crippen LogP contribution < -0.4 is 25.9 Å². The number of methoxy groups -OCH3 is 2. The van der Waals surface area contributed by atoms with Crippen LogP contribution in [-0.4, -0.2) is 50.0 Å². The Morgan fingerprint density at radius 1 is 1.00 bits per heavy atom. The molecule has 182 valence electrons. The van der Waals surface area contributed by atoms with Gasteiger partial charge in [-0.1, -0.05) is 18.6 Å². The summed E-state index contributed by atoms with van der Waals surface area (Å²) >= 11 is 0.